The highest BCUT2D eigenvalue weighted by Crippen LogP contribution is 2.45. The predicted octanol–water partition coefficient (Wildman–Crippen LogP) is 6.47. The van der Waals surface area contributed by atoms with Crippen LogP contribution >= 0.6 is 10.7 Å². The largest absolute Gasteiger partial charge is 0.396 e. The quantitative estimate of drug-likeness (QED) is 0.314. The van der Waals surface area contributed by atoms with Crippen molar-refractivity contribution in [3.8, 4) is 0 Å². The molecule has 4 rings (SSSR count). The fraction of sp³-hybridized carbons (Fsp3) is 0.571. The number of halogens is 1. The third-order valence-electron chi connectivity index (χ3n) is 6.69. The van der Waals surface area contributed by atoms with Gasteiger partial charge in [-0.15, -0.1) is 0 Å². The van der Waals surface area contributed by atoms with Crippen molar-refractivity contribution in [2.24, 2.45) is 22.7 Å². The third-order valence-corrected chi connectivity index (χ3v) is 9.36. The van der Waals surface area contributed by atoms with E-state index in [0.717, 1.165) is 24.0 Å². The Labute approximate surface area is 228 Å². The number of aliphatic hydroxyl groups excluding tert-OH is 1. The molecular formula is C28H41ClO6S2. The number of aryl methyl sites for hydroxylation is 2. The summed E-state index contributed by atoms with van der Waals surface area (Å²) in [5.74, 6) is 0.991. The van der Waals surface area contributed by atoms with Crippen LogP contribution in [-0.2, 0) is 23.4 Å². The molecule has 2 aliphatic rings. The molecule has 6 nitrogen and oxygen atoms in total. The fourth-order valence-corrected chi connectivity index (χ4v) is 6.66. The minimum absolute atomic E-state index is 0.143. The Morgan fingerprint density at radius 1 is 0.757 bits per heavy atom. The number of hydrogen-bond acceptors (Lipinski definition) is 6. The van der Waals surface area contributed by atoms with Gasteiger partial charge in [-0.1, -0.05) is 63.1 Å². The Morgan fingerprint density at radius 3 is 1.46 bits per heavy atom. The Kier molecular flexibility index (Phi) is 10.8. The van der Waals surface area contributed by atoms with Crippen LogP contribution in [0.5, 0.6) is 0 Å². The lowest BCUT2D eigenvalue weighted by atomic mass is 9.65. The highest BCUT2D eigenvalue weighted by atomic mass is 35.7. The van der Waals surface area contributed by atoms with Crippen molar-refractivity contribution >= 4 is 29.9 Å². The molecule has 0 unspecified atom stereocenters. The third kappa shape index (κ3) is 10.7. The van der Waals surface area contributed by atoms with E-state index < -0.39 is 19.2 Å². The molecule has 0 amide bonds. The van der Waals surface area contributed by atoms with Gasteiger partial charge >= 0.3 is 0 Å². The van der Waals surface area contributed by atoms with Gasteiger partial charge in [0.1, 0.15) is 0 Å². The van der Waals surface area contributed by atoms with Crippen molar-refractivity contribution in [3.63, 3.8) is 0 Å². The van der Waals surface area contributed by atoms with Gasteiger partial charge in [-0.05, 0) is 86.5 Å². The molecule has 0 atom stereocenters. The first kappa shape index (κ1) is 31.8. The summed E-state index contributed by atoms with van der Waals surface area (Å²) in [5.41, 5.74) is 2.93. The number of rotatable bonds is 6. The van der Waals surface area contributed by atoms with Gasteiger partial charge in [0.05, 0.1) is 16.4 Å². The molecule has 0 bridgehead atoms. The maximum absolute atomic E-state index is 11.9. The van der Waals surface area contributed by atoms with Crippen LogP contribution in [0.25, 0.3) is 0 Å². The second-order valence-electron chi connectivity index (χ2n) is 11.9. The number of benzene rings is 2. The molecule has 0 heterocycles. The number of hydrogen-bond donors (Lipinski definition) is 1. The lowest BCUT2D eigenvalue weighted by molar-refractivity contribution is 0.0465. The summed E-state index contributed by atoms with van der Waals surface area (Å²) in [6.45, 7) is 13.4. The molecule has 0 saturated heterocycles. The zero-order valence-corrected chi connectivity index (χ0v) is 25.1. The van der Waals surface area contributed by atoms with Crippen molar-refractivity contribution < 1.29 is 26.1 Å². The van der Waals surface area contributed by atoms with Crippen molar-refractivity contribution in [2.75, 3.05) is 13.2 Å². The minimum atomic E-state index is -3.59. The van der Waals surface area contributed by atoms with Crippen LogP contribution in [-0.4, -0.2) is 35.2 Å². The molecule has 2 aromatic carbocycles. The first-order chi connectivity index (χ1) is 16.9. The molecule has 2 aliphatic carbocycles. The zero-order valence-electron chi connectivity index (χ0n) is 22.7. The first-order valence-electron chi connectivity index (χ1n) is 12.5. The van der Waals surface area contributed by atoms with Crippen LogP contribution in [0.1, 0.15) is 64.5 Å². The molecule has 0 radical (unpaired) electrons. The SMILES string of the molecule is CC1(C)CC(CO)C1.Cc1ccc(S(=O)(=O)Cl)cc1.Cc1ccc(S(=O)(=O)OCC2CC(C)(C)C2)cc1. The van der Waals surface area contributed by atoms with E-state index in [-0.39, 0.29) is 9.79 Å². The topological polar surface area (TPSA) is 97.7 Å². The minimum Gasteiger partial charge on any atom is -0.396 e. The van der Waals surface area contributed by atoms with Gasteiger partial charge in [0.2, 0.25) is 0 Å². The maximum atomic E-state index is 11.9. The molecule has 0 aliphatic heterocycles. The summed E-state index contributed by atoms with van der Waals surface area (Å²) in [5, 5.41) is 8.62. The molecule has 2 aromatic rings. The smallest absolute Gasteiger partial charge is 0.296 e. The Bertz CT molecular complexity index is 1200. The highest BCUT2D eigenvalue weighted by Gasteiger charge is 2.37. The van der Waals surface area contributed by atoms with Crippen LogP contribution in [0.3, 0.4) is 0 Å². The molecule has 2 saturated carbocycles. The van der Waals surface area contributed by atoms with E-state index in [2.05, 4.69) is 27.7 Å². The molecule has 2 fully saturated rings. The molecule has 9 heteroatoms. The van der Waals surface area contributed by atoms with Gasteiger partial charge in [0.15, 0.2) is 0 Å². The average molecular weight is 573 g/mol. The summed E-state index contributed by atoms with van der Waals surface area (Å²) in [6.07, 6.45) is 4.50. The normalized spacial score (nSPS) is 18.8. The maximum Gasteiger partial charge on any atom is 0.296 e. The Morgan fingerprint density at radius 2 is 1.14 bits per heavy atom. The van der Waals surface area contributed by atoms with Gasteiger partial charge in [-0.2, -0.15) is 8.42 Å². The zero-order chi connectivity index (χ0) is 28.1. The molecule has 1 N–H and O–H groups in total. The molecule has 208 valence electrons. The highest BCUT2D eigenvalue weighted by molar-refractivity contribution is 8.13. The van der Waals surface area contributed by atoms with Crippen molar-refractivity contribution in [1.82, 2.24) is 0 Å². The second-order valence-corrected chi connectivity index (χ2v) is 16.0. The molecule has 0 spiro atoms. The predicted molar refractivity (Wildman–Crippen MR) is 149 cm³/mol. The van der Waals surface area contributed by atoms with E-state index in [9.17, 15) is 16.8 Å². The summed E-state index contributed by atoms with van der Waals surface area (Å²) in [4.78, 5) is 0.386. The van der Waals surface area contributed by atoms with Crippen molar-refractivity contribution in [1.29, 1.82) is 0 Å². The van der Waals surface area contributed by atoms with Crippen LogP contribution in [0.4, 0.5) is 0 Å². The summed E-state index contributed by atoms with van der Waals surface area (Å²) in [7, 11) is -2.05. The summed E-state index contributed by atoms with van der Waals surface area (Å²) in [6, 6.07) is 13.1. The van der Waals surface area contributed by atoms with Crippen LogP contribution in [0.15, 0.2) is 58.3 Å². The van der Waals surface area contributed by atoms with Crippen LogP contribution < -0.4 is 0 Å². The van der Waals surface area contributed by atoms with E-state index in [1.165, 1.54) is 25.0 Å². The van der Waals surface area contributed by atoms with Crippen molar-refractivity contribution in [3.05, 3.63) is 59.7 Å². The van der Waals surface area contributed by atoms with Crippen molar-refractivity contribution in [2.45, 2.75) is 77.0 Å². The van der Waals surface area contributed by atoms with Gasteiger partial charge in [-0.25, -0.2) is 8.42 Å². The van der Waals surface area contributed by atoms with Gasteiger partial charge in [0, 0.05) is 17.3 Å². The van der Waals surface area contributed by atoms with E-state index in [0.29, 0.717) is 35.9 Å². The standard InChI is InChI=1S/C14H20O3S.C7H7ClO2S.C7H14O/c1-11-4-6-13(7-5-11)18(15,16)17-10-12-8-14(2,3)9-12;1-6-2-4-7(5-3-6)11(8,9)10;1-7(2)3-6(4-7)5-8/h4-7,12H,8-10H2,1-3H3;2-5H,1H3;6,8H,3-5H2,1-2H3. The van der Waals surface area contributed by atoms with Gasteiger partial charge < -0.3 is 5.11 Å². The summed E-state index contributed by atoms with van der Waals surface area (Å²) < 4.78 is 50.4. The molecular weight excluding hydrogens is 532 g/mol. The van der Waals surface area contributed by atoms with Crippen LogP contribution in [0.2, 0.25) is 0 Å². The Balaban J connectivity index is 0.000000215. The summed E-state index contributed by atoms with van der Waals surface area (Å²) >= 11 is 0. The second kappa shape index (κ2) is 12.6. The van der Waals surface area contributed by atoms with E-state index in [1.54, 1.807) is 36.4 Å². The van der Waals surface area contributed by atoms with E-state index >= 15 is 0 Å². The Hall–Kier alpha value is -1.45. The van der Waals surface area contributed by atoms with Crippen LogP contribution in [0, 0.1) is 36.5 Å². The lowest BCUT2D eigenvalue weighted by Crippen LogP contribution is -2.35. The van der Waals surface area contributed by atoms with E-state index in [1.807, 2.05) is 13.8 Å². The molecule has 0 aromatic heterocycles. The van der Waals surface area contributed by atoms with E-state index in [4.69, 9.17) is 20.0 Å². The fourth-order valence-electron chi connectivity index (χ4n) is 4.91. The first-order valence-corrected chi connectivity index (χ1v) is 16.2. The van der Waals surface area contributed by atoms with Gasteiger partial charge in [-0.3, -0.25) is 4.18 Å². The lowest BCUT2D eigenvalue weighted by Gasteiger charge is -2.42. The monoisotopic (exact) mass is 572 g/mol. The number of aliphatic hydroxyl groups is 1. The van der Waals surface area contributed by atoms with Gasteiger partial charge in [0.25, 0.3) is 19.2 Å². The average Bonchev–Trinajstić information content (AvgIpc) is 2.75. The molecule has 37 heavy (non-hydrogen) atoms.